The molecule has 0 spiro atoms. The minimum atomic E-state index is -0.755. The van der Waals surface area contributed by atoms with Gasteiger partial charge in [-0.05, 0) is 17.7 Å². The van der Waals surface area contributed by atoms with E-state index in [0.29, 0.717) is 17.4 Å². The first-order chi connectivity index (χ1) is 9.45. The molecule has 0 fully saturated rings. The molecule has 0 aliphatic heterocycles. The molecule has 2 aromatic rings. The molecule has 7 nitrogen and oxygen atoms in total. The zero-order valence-electron chi connectivity index (χ0n) is 11.1. The van der Waals surface area contributed by atoms with Crippen LogP contribution in [0.5, 0.6) is 0 Å². The number of nitrogens with zero attached hydrogens (tertiary/aromatic N) is 4. The highest BCUT2D eigenvalue weighted by molar-refractivity contribution is 6.30. The Labute approximate surface area is 120 Å². The standard InChI is InChI=1S/C12H14ClN5O2/c1-8(2)11-14-12(16-18(19)20)17(15-11)7-9-4-3-5-10(13)6-9/h3-6,8H,7H2,1-2H3,(H,14,15,16). The summed E-state index contributed by atoms with van der Waals surface area (Å²) >= 11 is 5.92. The van der Waals surface area contributed by atoms with E-state index < -0.39 is 5.03 Å². The second-order valence-corrected chi connectivity index (χ2v) is 5.05. The molecular formula is C12H14ClN5O2. The van der Waals surface area contributed by atoms with Crippen molar-refractivity contribution in [3.8, 4) is 0 Å². The Morgan fingerprint density at radius 1 is 1.55 bits per heavy atom. The van der Waals surface area contributed by atoms with Crippen LogP contribution >= 0.6 is 11.6 Å². The summed E-state index contributed by atoms with van der Waals surface area (Å²) in [5.74, 6) is 0.768. The van der Waals surface area contributed by atoms with E-state index in [2.05, 4.69) is 15.2 Å². The van der Waals surface area contributed by atoms with Crippen molar-refractivity contribution in [1.82, 2.24) is 14.8 Å². The molecule has 8 heteroatoms. The first-order valence-corrected chi connectivity index (χ1v) is 6.43. The maximum absolute atomic E-state index is 10.6. The molecule has 1 aromatic carbocycles. The van der Waals surface area contributed by atoms with Crippen LogP contribution in [-0.4, -0.2) is 19.8 Å². The summed E-state index contributed by atoms with van der Waals surface area (Å²) in [5, 5.41) is 16.7. The van der Waals surface area contributed by atoms with Gasteiger partial charge >= 0.3 is 5.62 Å². The van der Waals surface area contributed by atoms with Crippen LogP contribution in [0.15, 0.2) is 29.4 Å². The van der Waals surface area contributed by atoms with Crippen molar-refractivity contribution in [3.05, 3.63) is 56.4 Å². The van der Waals surface area contributed by atoms with Crippen molar-refractivity contribution in [2.75, 3.05) is 0 Å². The quantitative estimate of drug-likeness (QED) is 0.692. The van der Waals surface area contributed by atoms with Gasteiger partial charge in [0.15, 0.2) is 5.03 Å². The Bertz CT molecular complexity index is 689. The number of rotatable bonds is 4. The molecule has 1 aromatic heterocycles. The monoisotopic (exact) mass is 295 g/mol. The highest BCUT2D eigenvalue weighted by Crippen LogP contribution is 2.11. The van der Waals surface area contributed by atoms with E-state index in [0.717, 1.165) is 5.56 Å². The molecule has 0 atom stereocenters. The van der Waals surface area contributed by atoms with Crippen LogP contribution in [0, 0.1) is 10.1 Å². The van der Waals surface area contributed by atoms with E-state index in [4.69, 9.17) is 11.6 Å². The Morgan fingerprint density at radius 3 is 2.90 bits per heavy atom. The second-order valence-electron chi connectivity index (χ2n) is 4.62. The third kappa shape index (κ3) is 3.45. The van der Waals surface area contributed by atoms with E-state index >= 15 is 0 Å². The fourth-order valence-corrected chi connectivity index (χ4v) is 1.93. The summed E-state index contributed by atoms with van der Waals surface area (Å²) in [6, 6.07) is 7.26. The Hall–Kier alpha value is -2.15. The molecule has 1 heterocycles. The van der Waals surface area contributed by atoms with Crippen molar-refractivity contribution >= 4 is 11.6 Å². The molecule has 20 heavy (non-hydrogen) atoms. The van der Waals surface area contributed by atoms with Crippen molar-refractivity contribution < 1.29 is 5.03 Å². The number of hydrogen-bond acceptors (Lipinski definition) is 3. The van der Waals surface area contributed by atoms with E-state index in [1.54, 1.807) is 12.1 Å². The molecule has 1 N–H and O–H groups in total. The fourth-order valence-electron chi connectivity index (χ4n) is 1.72. The first kappa shape index (κ1) is 14.3. The summed E-state index contributed by atoms with van der Waals surface area (Å²) in [6.07, 6.45) is 0. The van der Waals surface area contributed by atoms with Gasteiger partial charge in [-0.2, -0.15) is 4.98 Å². The maximum Gasteiger partial charge on any atom is 0.318 e. The SMILES string of the molecule is CC(C)c1n/c(=N\[N+](=O)[O-])n(Cc2cccc(Cl)c2)[nH]1. The lowest BCUT2D eigenvalue weighted by atomic mass is 10.2. The van der Waals surface area contributed by atoms with Gasteiger partial charge in [0, 0.05) is 10.9 Å². The molecule has 0 saturated carbocycles. The molecule has 0 unspecified atom stereocenters. The summed E-state index contributed by atoms with van der Waals surface area (Å²) < 4.78 is 1.53. The summed E-state index contributed by atoms with van der Waals surface area (Å²) in [4.78, 5) is 14.7. The maximum atomic E-state index is 10.6. The van der Waals surface area contributed by atoms with Gasteiger partial charge < -0.3 is 0 Å². The molecule has 0 bridgehead atoms. The number of nitro groups is 1. The zero-order chi connectivity index (χ0) is 14.7. The average Bonchev–Trinajstić information content (AvgIpc) is 2.72. The van der Waals surface area contributed by atoms with Crippen molar-refractivity contribution in [3.63, 3.8) is 0 Å². The van der Waals surface area contributed by atoms with Crippen LogP contribution in [0.3, 0.4) is 0 Å². The Morgan fingerprint density at radius 2 is 2.30 bits per heavy atom. The van der Waals surface area contributed by atoms with Gasteiger partial charge in [0.25, 0.3) is 0 Å². The van der Waals surface area contributed by atoms with E-state index in [1.807, 2.05) is 26.0 Å². The lowest BCUT2D eigenvalue weighted by molar-refractivity contribution is -0.491. The molecule has 0 amide bonds. The van der Waals surface area contributed by atoms with Gasteiger partial charge in [-0.1, -0.05) is 37.6 Å². The number of H-pyrrole nitrogens is 1. The number of halogens is 1. The van der Waals surface area contributed by atoms with Gasteiger partial charge in [0.2, 0.25) is 0 Å². The third-order valence-corrected chi connectivity index (χ3v) is 2.89. The summed E-state index contributed by atoms with van der Waals surface area (Å²) in [5.41, 5.74) is 0.944. The molecule has 0 radical (unpaired) electrons. The van der Waals surface area contributed by atoms with Crippen LogP contribution < -0.4 is 5.62 Å². The average molecular weight is 296 g/mol. The van der Waals surface area contributed by atoms with Crippen molar-refractivity contribution in [2.24, 2.45) is 5.10 Å². The fraction of sp³-hybridized carbons (Fsp3) is 0.333. The zero-order valence-corrected chi connectivity index (χ0v) is 11.8. The van der Waals surface area contributed by atoms with Crippen molar-refractivity contribution in [2.45, 2.75) is 26.3 Å². The highest BCUT2D eigenvalue weighted by atomic mass is 35.5. The molecule has 106 valence electrons. The molecular weight excluding hydrogens is 282 g/mol. The molecule has 0 aliphatic carbocycles. The molecule has 0 aliphatic rings. The normalized spacial score (nSPS) is 12.1. The first-order valence-electron chi connectivity index (χ1n) is 6.06. The number of hydrogen-bond donors (Lipinski definition) is 1. The van der Waals surface area contributed by atoms with Gasteiger partial charge in [0.05, 0.1) is 6.54 Å². The topological polar surface area (TPSA) is 89.1 Å². The van der Waals surface area contributed by atoms with Crippen LogP contribution in [-0.2, 0) is 6.54 Å². The predicted molar refractivity (Wildman–Crippen MR) is 73.8 cm³/mol. The summed E-state index contributed by atoms with van der Waals surface area (Å²) in [6.45, 7) is 4.27. The lowest BCUT2D eigenvalue weighted by Gasteiger charge is -2.03. The van der Waals surface area contributed by atoms with Crippen LogP contribution in [0.25, 0.3) is 0 Å². The van der Waals surface area contributed by atoms with Crippen LogP contribution in [0.4, 0.5) is 0 Å². The van der Waals surface area contributed by atoms with Gasteiger partial charge in [-0.25, -0.2) is 14.8 Å². The largest absolute Gasteiger partial charge is 0.318 e. The summed E-state index contributed by atoms with van der Waals surface area (Å²) in [7, 11) is 0. The predicted octanol–water partition coefficient (Wildman–Crippen LogP) is 2.13. The Kier molecular flexibility index (Phi) is 4.19. The van der Waals surface area contributed by atoms with E-state index in [-0.39, 0.29) is 11.5 Å². The van der Waals surface area contributed by atoms with Gasteiger partial charge in [-0.3, -0.25) is 5.10 Å². The van der Waals surface area contributed by atoms with Crippen LogP contribution in [0.2, 0.25) is 5.02 Å². The number of nitrogens with one attached hydrogen (secondary N) is 1. The van der Waals surface area contributed by atoms with Gasteiger partial charge in [-0.15, -0.1) is 0 Å². The third-order valence-electron chi connectivity index (χ3n) is 2.66. The number of benzene rings is 1. The number of aromatic nitrogens is 3. The molecule has 2 rings (SSSR count). The minimum absolute atomic E-state index is 0.0404. The highest BCUT2D eigenvalue weighted by Gasteiger charge is 2.10. The van der Waals surface area contributed by atoms with Crippen LogP contribution in [0.1, 0.15) is 31.2 Å². The van der Waals surface area contributed by atoms with E-state index in [9.17, 15) is 10.1 Å². The van der Waals surface area contributed by atoms with Crippen molar-refractivity contribution in [1.29, 1.82) is 0 Å². The minimum Gasteiger partial charge on any atom is -0.282 e. The van der Waals surface area contributed by atoms with Gasteiger partial charge in [0.1, 0.15) is 10.9 Å². The van der Waals surface area contributed by atoms with E-state index in [1.165, 1.54) is 4.68 Å². The Balaban J connectivity index is 2.42. The lowest BCUT2D eigenvalue weighted by Crippen LogP contribution is -2.22. The smallest absolute Gasteiger partial charge is 0.282 e. The number of aromatic amines is 1. The molecule has 0 saturated heterocycles. The second kappa shape index (κ2) is 5.87.